The van der Waals surface area contributed by atoms with Crippen LogP contribution >= 0.6 is 15.9 Å². The second-order valence-corrected chi connectivity index (χ2v) is 5.09. The second kappa shape index (κ2) is 4.75. The van der Waals surface area contributed by atoms with Crippen LogP contribution in [0.3, 0.4) is 0 Å². The van der Waals surface area contributed by atoms with Crippen LogP contribution in [0.2, 0.25) is 0 Å². The Morgan fingerprint density at radius 2 is 2.37 bits per heavy atom. The van der Waals surface area contributed by atoms with Gasteiger partial charge in [0.2, 0.25) is 11.8 Å². The molecular weight excluding hydrogens is 312 g/mol. The average molecular weight is 323 g/mol. The number of nitrogens with zero attached hydrogens (tertiary/aromatic N) is 2. The van der Waals surface area contributed by atoms with E-state index in [1.165, 1.54) is 0 Å². The number of hydrogen-bond donors (Lipinski definition) is 2. The Morgan fingerprint density at radius 3 is 3.11 bits per heavy atom. The van der Waals surface area contributed by atoms with Gasteiger partial charge in [0.25, 0.3) is 0 Å². The van der Waals surface area contributed by atoms with Crippen molar-refractivity contribution < 1.29 is 9.32 Å². The van der Waals surface area contributed by atoms with E-state index in [-0.39, 0.29) is 5.91 Å². The Morgan fingerprint density at radius 1 is 1.53 bits per heavy atom. The predicted molar refractivity (Wildman–Crippen MR) is 71.4 cm³/mol. The molecule has 0 bridgehead atoms. The number of nitrogens with one attached hydrogen (secondary N) is 2. The lowest BCUT2D eigenvalue weighted by Crippen LogP contribution is -2.27. The summed E-state index contributed by atoms with van der Waals surface area (Å²) in [4.78, 5) is 16.0. The van der Waals surface area contributed by atoms with Gasteiger partial charge in [-0.2, -0.15) is 4.98 Å². The number of rotatable bonds is 3. The molecular formula is C12H11BrN4O2. The van der Waals surface area contributed by atoms with Crippen molar-refractivity contribution in [3.63, 3.8) is 0 Å². The summed E-state index contributed by atoms with van der Waals surface area (Å²) < 4.78 is 5.90. The van der Waals surface area contributed by atoms with Crippen molar-refractivity contribution in [3.8, 4) is 0 Å². The Bertz CT molecular complexity index is 640. The van der Waals surface area contributed by atoms with E-state index < -0.39 is 6.04 Å². The maximum Gasteiger partial charge on any atom is 0.246 e. The summed E-state index contributed by atoms with van der Waals surface area (Å²) in [6.45, 7) is 2.10. The molecule has 0 fully saturated rings. The van der Waals surface area contributed by atoms with Gasteiger partial charge < -0.3 is 9.84 Å². The fourth-order valence-corrected chi connectivity index (χ4v) is 2.67. The summed E-state index contributed by atoms with van der Waals surface area (Å²) in [7, 11) is 0. The number of hydrogen-bond acceptors (Lipinski definition) is 5. The van der Waals surface area contributed by atoms with Crippen LogP contribution in [0.5, 0.6) is 0 Å². The molecule has 6 nitrogen and oxygen atoms in total. The summed E-state index contributed by atoms with van der Waals surface area (Å²) >= 11 is 3.46. The van der Waals surface area contributed by atoms with Gasteiger partial charge in [-0.1, -0.05) is 27.2 Å². The van der Waals surface area contributed by atoms with Crippen LogP contribution in [-0.2, 0) is 11.3 Å². The zero-order chi connectivity index (χ0) is 13.4. The third-order valence-corrected chi connectivity index (χ3v) is 3.58. The molecule has 1 aromatic carbocycles. The van der Waals surface area contributed by atoms with Crippen molar-refractivity contribution >= 4 is 27.5 Å². The molecule has 7 heteroatoms. The highest BCUT2D eigenvalue weighted by molar-refractivity contribution is 9.10. The Balaban J connectivity index is 1.81. The molecule has 1 aliphatic heterocycles. The fraction of sp³-hybridized carbons (Fsp3) is 0.250. The van der Waals surface area contributed by atoms with E-state index in [2.05, 4.69) is 36.7 Å². The summed E-state index contributed by atoms with van der Waals surface area (Å²) in [6.07, 6.45) is 0. The summed E-state index contributed by atoms with van der Waals surface area (Å²) in [5.41, 5.74) is 1.72. The molecule has 0 saturated heterocycles. The predicted octanol–water partition coefficient (Wildman–Crippen LogP) is 1.92. The molecule has 19 heavy (non-hydrogen) atoms. The number of amides is 1. The minimum Gasteiger partial charge on any atom is -0.338 e. The van der Waals surface area contributed by atoms with Crippen LogP contribution in [0.15, 0.2) is 27.2 Å². The highest BCUT2D eigenvalue weighted by Crippen LogP contribution is 2.36. The third kappa shape index (κ3) is 2.26. The van der Waals surface area contributed by atoms with E-state index >= 15 is 0 Å². The molecule has 98 valence electrons. The van der Waals surface area contributed by atoms with E-state index in [9.17, 15) is 4.79 Å². The van der Waals surface area contributed by atoms with Crippen LogP contribution in [0.4, 0.5) is 5.69 Å². The first-order chi connectivity index (χ1) is 9.15. The molecule has 3 rings (SSSR count). The largest absolute Gasteiger partial charge is 0.338 e. The maximum absolute atomic E-state index is 11.9. The standard InChI is InChI=1S/C12H11BrN4O2/c1-6-15-9(19-17-6)5-14-11-10-7(13)3-2-4-8(10)16-12(11)18/h2-4,11,14H,5H2,1H3,(H,16,18). The average Bonchev–Trinajstić information content (AvgIpc) is 2.91. The van der Waals surface area contributed by atoms with E-state index in [0.29, 0.717) is 18.3 Å². The minimum atomic E-state index is -0.419. The number of anilines is 1. The number of carbonyl (C=O) groups is 1. The lowest BCUT2D eigenvalue weighted by molar-refractivity contribution is -0.117. The summed E-state index contributed by atoms with van der Waals surface area (Å²) in [5.74, 6) is 0.957. The summed E-state index contributed by atoms with van der Waals surface area (Å²) in [5, 5.41) is 9.66. The molecule has 2 heterocycles. The molecule has 1 aromatic heterocycles. The minimum absolute atomic E-state index is 0.0851. The second-order valence-electron chi connectivity index (χ2n) is 4.24. The molecule has 0 spiro atoms. The van der Waals surface area contributed by atoms with Crippen molar-refractivity contribution in [1.29, 1.82) is 0 Å². The molecule has 1 unspecified atom stereocenters. The van der Waals surface area contributed by atoms with E-state index in [0.717, 1.165) is 15.7 Å². The highest BCUT2D eigenvalue weighted by atomic mass is 79.9. The van der Waals surface area contributed by atoms with Gasteiger partial charge in [-0.15, -0.1) is 0 Å². The van der Waals surface area contributed by atoms with Gasteiger partial charge in [0.1, 0.15) is 6.04 Å². The molecule has 2 N–H and O–H groups in total. The van der Waals surface area contributed by atoms with Gasteiger partial charge in [-0.3, -0.25) is 10.1 Å². The molecule has 0 radical (unpaired) electrons. The van der Waals surface area contributed by atoms with Crippen LogP contribution in [0.25, 0.3) is 0 Å². The normalized spacial score (nSPS) is 17.4. The lowest BCUT2D eigenvalue weighted by atomic mass is 10.1. The third-order valence-electron chi connectivity index (χ3n) is 2.89. The Kier molecular flexibility index (Phi) is 3.08. The highest BCUT2D eigenvalue weighted by Gasteiger charge is 2.32. The topological polar surface area (TPSA) is 80.0 Å². The number of aryl methyl sites for hydroxylation is 1. The van der Waals surface area contributed by atoms with Gasteiger partial charge >= 0.3 is 0 Å². The fourth-order valence-electron chi connectivity index (χ4n) is 2.07. The quantitative estimate of drug-likeness (QED) is 0.902. The Labute approximate surface area is 117 Å². The maximum atomic E-state index is 11.9. The van der Waals surface area contributed by atoms with Gasteiger partial charge in [0.05, 0.1) is 6.54 Å². The lowest BCUT2D eigenvalue weighted by Gasteiger charge is -2.10. The van der Waals surface area contributed by atoms with Gasteiger partial charge in [-0.05, 0) is 19.1 Å². The zero-order valence-corrected chi connectivity index (χ0v) is 11.7. The van der Waals surface area contributed by atoms with Crippen LogP contribution in [-0.4, -0.2) is 16.0 Å². The van der Waals surface area contributed by atoms with Crippen molar-refractivity contribution in [2.24, 2.45) is 0 Å². The number of fused-ring (bicyclic) bond motifs is 1. The molecule has 2 aromatic rings. The Hall–Kier alpha value is -1.73. The summed E-state index contributed by atoms with van der Waals surface area (Å²) in [6, 6.07) is 5.24. The van der Waals surface area contributed by atoms with Crippen molar-refractivity contribution in [3.05, 3.63) is 40.0 Å². The van der Waals surface area contributed by atoms with Crippen molar-refractivity contribution in [1.82, 2.24) is 15.5 Å². The first-order valence-electron chi connectivity index (χ1n) is 5.77. The molecule has 0 saturated carbocycles. The SMILES string of the molecule is Cc1noc(CNC2C(=O)Nc3cccc(Br)c32)n1. The van der Waals surface area contributed by atoms with Crippen LogP contribution in [0.1, 0.15) is 23.3 Å². The van der Waals surface area contributed by atoms with Crippen molar-refractivity contribution in [2.75, 3.05) is 5.32 Å². The zero-order valence-electron chi connectivity index (χ0n) is 10.1. The van der Waals surface area contributed by atoms with E-state index in [4.69, 9.17) is 4.52 Å². The molecule has 1 amide bonds. The number of carbonyl (C=O) groups excluding carboxylic acids is 1. The van der Waals surface area contributed by atoms with Crippen LogP contribution in [0, 0.1) is 6.92 Å². The number of benzene rings is 1. The smallest absolute Gasteiger partial charge is 0.246 e. The first kappa shape index (κ1) is 12.3. The monoisotopic (exact) mass is 322 g/mol. The first-order valence-corrected chi connectivity index (χ1v) is 6.56. The van der Waals surface area contributed by atoms with Crippen molar-refractivity contribution in [2.45, 2.75) is 19.5 Å². The molecule has 0 aliphatic carbocycles. The van der Waals surface area contributed by atoms with Crippen LogP contribution < -0.4 is 10.6 Å². The van der Waals surface area contributed by atoms with E-state index in [1.807, 2.05) is 18.2 Å². The number of aromatic nitrogens is 2. The number of halogens is 1. The van der Waals surface area contributed by atoms with E-state index in [1.54, 1.807) is 6.92 Å². The molecule has 1 atom stereocenters. The van der Waals surface area contributed by atoms with Gasteiger partial charge in [-0.25, -0.2) is 0 Å². The van der Waals surface area contributed by atoms with Gasteiger partial charge in [0.15, 0.2) is 5.82 Å². The molecule has 1 aliphatic rings. The van der Waals surface area contributed by atoms with Gasteiger partial charge in [0, 0.05) is 15.7 Å².